The third-order valence-corrected chi connectivity index (χ3v) is 7.54. The first-order valence-corrected chi connectivity index (χ1v) is 14.4. The number of halogens is 2. The summed E-state index contributed by atoms with van der Waals surface area (Å²) in [4.78, 5) is 56.9. The van der Waals surface area contributed by atoms with Gasteiger partial charge in [0, 0.05) is 38.6 Å². The van der Waals surface area contributed by atoms with Crippen molar-refractivity contribution in [2.24, 2.45) is 14.1 Å². The minimum Gasteiger partial charge on any atom is -0.381 e. The largest absolute Gasteiger partial charge is 0.381 e. The summed E-state index contributed by atoms with van der Waals surface area (Å²) in [5, 5.41) is 9.25. The zero-order valence-corrected chi connectivity index (χ0v) is 25.7. The van der Waals surface area contributed by atoms with Gasteiger partial charge < -0.3 is 15.2 Å². The van der Waals surface area contributed by atoms with E-state index in [0.717, 1.165) is 10.8 Å². The van der Waals surface area contributed by atoms with Crippen molar-refractivity contribution >= 4 is 45.8 Å². The number of carbonyl (C=O) groups is 2. The molecule has 0 bridgehead atoms. The molecule has 2 N–H and O–H groups in total. The highest BCUT2D eigenvalue weighted by molar-refractivity contribution is 6.30. The average Bonchev–Trinajstić information content (AvgIpc) is 3.65. The van der Waals surface area contributed by atoms with Crippen LogP contribution in [0.5, 0.6) is 0 Å². The van der Waals surface area contributed by atoms with Crippen LogP contribution in [0.1, 0.15) is 33.5 Å². The number of fused-ring (bicyclic) bond motifs is 1. The van der Waals surface area contributed by atoms with Crippen LogP contribution in [0.3, 0.4) is 0 Å². The Morgan fingerprint density at radius 2 is 1.72 bits per heavy atom. The second-order valence-corrected chi connectivity index (χ2v) is 10.8. The Balaban J connectivity index is 1.37. The molecule has 0 unspecified atom stereocenters. The smallest absolute Gasteiger partial charge is 0.290 e. The van der Waals surface area contributed by atoms with Gasteiger partial charge in [-0.25, -0.2) is 14.1 Å². The van der Waals surface area contributed by atoms with Gasteiger partial charge in [0.1, 0.15) is 22.2 Å². The molecule has 46 heavy (non-hydrogen) atoms. The summed E-state index contributed by atoms with van der Waals surface area (Å²) < 4.78 is 25.6. The molecule has 2 aromatic carbocycles. The van der Waals surface area contributed by atoms with Gasteiger partial charge in [-0.3, -0.25) is 28.5 Å². The van der Waals surface area contributed by atoms with Crippen LogP contribution in [0.25, 0.3) is 27.7 Å². The number of rotatable bonds is 7. The molecule has 13 nitrogen and oxygen atoms in total. The number of benzene rings is 2. The second-order valence-electron chi connectivity index (χ2n) is 10.4. The molecular weight excluding hydrogens is 619 g/mol. The van der Waals surface area contributed by atoms with E-state index in [4.69, 9.17) is 16.1 Å². The normalized spacial score (nSPS) is 11.3. The lowest BCUT2D eigenvalue weighted by Gasteiger charge is -2.13. The second kappa shape index (κ2) is 11.6. The molecule has 4 heterocycles. The third kappa shape index (κ3) is 5.28. The van der Waals surface area contributed by atoms with Gasteiger partial charge in [0.05, 0.1) is 22.2 Å². The molecule has 15 heteroatoms. The molecule has 0 atom stereocenters. The molecule has 0 spiro atoms. The van der Waals surface area contributed by atoms with Crippen LogP contribution in [0.15, 0.2) is 74.9 Å². The molecular formula is C31H26ClFN8O5. The van der Waals surface area contributed by atoms with Crippen LogP contribution in [-0.4, -0.2) is 40.7 Å². The van der Waals surface area contributed by atoms with Crippen molar-refractivity contribution in [1.29, 1.82) is 0 Å². The number of pyridine rings is 1. The maximum Gasteiger partial charge on any atom is 0.290 e. The van der Waals surface area contributed by atoms with Gasteiger partial charge in [-0.05, 0) is 55.8 Å². The number of nitrogens with zero attached hydrogens (tertiary/aromatic N) is 6. The summed E-state index contributed by atoms with van der Waals surface area (Å²) in [5.74, 6) is -1.62. The summed E-state index contributed by atoms with van der Waals surface area (Å²) in [7, 11) is 3.19. The molecule has 0 aliphatic carbocycles. The van der Waals surface area contributed by atoms with Crippen molar-refractivity contribution in [2.45, 2.75) is 20.4 Å². The van der Waals surface area contributed by atoms with E-state index < -0.39 is 23.2 Å². The Morgan fingerprint density at radius 3 is 2.35 bits per heavy atom. The summed E-state index contributed by atoms with van der Waals surface area (Å²) >= 11 is 6.28. The first-order chi connectivity index (χ1) is 22.0. The lowest BCUT2D eigenvalue weighted by Crippen LogP contribution is -2.21. The number of hydrogen-bond acceptors (Lipinski definition) is 7. The maximum absolute atomic E-state index is 14.6. The van der Waals surface area contributed by atoms with E-state index in [0.29, 0.717) is 22.6 Å². The molecule has 6 aromatic rings. The van der Waals surface area contributed by atoms with Gasteiger partial charge in [0.2, 0.25) is 0 Å². The van der Waals surface area contributed by atoms with Crippen LogP contribution in [-0.2, 0) is 20.6 Å². The highest BCUT2D eigenvalue weighted by Gasteiger charge is 2.24. The number of anilines is 2. The number of hydrogen-bond donors (Lipinski definition) is 2. The lowest BCUT2D eigenvalue weighted by molar-refractivity contribution is 0.101. The predicted molar refractivity (Wildman–Crippen MR) is 169 cm³/mol. The number of aromatic nitrogens is 6. The third-order valence-electron chi connectivity index (χ3n) is 7.35. The summed E-state index contributed by atoms with van der Waals surface area (Å²) in [6, 6.07) is 13.2. The summed E-state index contributed by atoms with van der Waals surface area (Å²) in [6.07, 6.45) is 1.62. The predicted octanol–water partition coefficient (Wildman–Crippen LogP) is 4.50. The van der Waals surface area contributed by atoms with E-state index >= 15 is 0 Å². The molecule has 0 radical (unpaired) electrons. The van der Waals surface area contributed by atoms with Gasteiger partial charge in [-0.2, -0.15) is 9.84 Å². The minimum absolute atomic E-state index is 0.0914. The fraction of sp³-hybridized carbons (Fsp3) is 0.161. The van der Waals surface area contributed by atoms with Crippen molar-refractivity contribution in [3.05, 3.63) is 109 Å². The summed E-state index contributed by atoms with van der Waals surface area (Å²) in [5.41, 5.74) is 0.591. The van der Waals surface area contributed by atoms with E-state index in [2.05, 4.69) is 20.7 Å². The van der Waals surface area contributed by atoms with Crippen LogP contribution in [0.2, 0.25) is 5.15 Å². The van der Waals surface area contributed by atoms with E-state index in [-0.39, 0.29) is 50.9 Å². The van der Waals surface area contributed by atoms with Crippen molar-refractivity contribution in [2.75, 3.05) is 10.6 Å². The Hall–Kier alpha value is -5.76. The van der Waals surface area contributed by atoms with Crippen molar-refractivity contribution in [1.82, 2.24) is 28.9 Å². The van der Waals surface area contributed by atoms with Crippen LogP contribution >= 0.6 is 11.6 Å². The standard InChI is InChI=1S/C31H26ClFN8O5/c1-5-40-27-21(30(44)41(40)19-9-6-17(7-10-19)25-16(2)46-39(4)31(25)45)15-23(32)35-26(27)29(43)34-18-8-11-22(33)20(14-18)28(42)36-24-12-13-38(3)37-24/h6-15H,5H2,1-4H3,(H,34,43)(H,36,37,42). The molecule has 0 saturated heterocycles. The topological polar surface area (TPSA) is 151 Å². The number of nitrogens with one attached hydrogen (secondary N) is 2. The van der Waals surface area contributed by atoms with Crippen molar-refractivity contribution < 1.29 is 18.5 Å². The monoisotopic (exact) mass is 644 g/mol. The van der Waals surface area contributed by atoms with Gasteiger partial charge in [0.25, 0.3) is 22.9 Å². The maximum atomic E-state index is 14.6. The quantitative estimate of drug-likeness (QED) is 0.243. The first-order valence-electron chi connectivity index (χ1n) is 14.0. The fourth-order valence-corrected chi connectivity index (χ4v) is 5.49. The average molecular weight is 645 g/mol. The van der Waals surface area contributed by atoms with Crippen molar-refractivity contribution in [3.8, 4) is 16.8 Å². The SMILES string of the molecule is CCn1c2c(C(=O)Nc3ccc(F)c(C(=O)Nc4ccn(C)n4)c3)nc(Cl)cc2c(=O)n1-c1ccc(-c2c(C)on(C)c2=O)cc1. The molecule has 0 fully saturated rings. The van der Waals surface area contributed by atoms with Crippen molar-refractivity contribution in [3.63, 3.8) is 0 Å². The Kier molecular flexibility index (Phi) is 7.65. The van der Waals surface area contributed by atoms with E-state index in [9.17, 15) is 23.6 Å². The Labute approximate surface area is 264 Å². The molecule has 4 aromatic heterocycles. The number of carbonyl (C=O) groups excluding carboxylic acids is 2. The van der Waals surface area contributed by atoms with Gasteiger partial charge in [-0.1, -0.05) is 23.7 Å². The van der Waals surface area contributed by atoms with Gasteiger partial charge in [0.15, 0.2) is 11.5 Å². The van der Waals surface area contributed by atoms with Crippen LogP contribution in [0, 0.1) is 12.7 Å². The molecule has 0 aliphatic heterocycles. The lowest BCUT2D eigenvalue weighted by atomic mass is 10.1. The Morgan fingerprint density at radius 1 is 0.978 bits per heavy atom. The number of amides is 2. The minimum atomic E-state index is -0.805. The van der Waals surface area contributed by atoms with Gasteiger partial charge >= 0.3 is 0 Å². The Bertz CT molecular complexity index is 2290. The van der Waals surface area contributed by atoms with Crippen LogP contribution in [0.4, 0.5) is 15.9 Å². The molecule has 0 saturated carbocycles. The van der Waals surface area contributed by atoms with Gasteiger partial charge in [-0.15, -0.1) is 0 Å². The molecule has 0 aliphatic rings. The number of aryl methyl sites for hydroxylation is 4. The molecule has 6 rings (SSSR count). The van der Waals surface area contributed by atoms with Crippen LogP contribution < -0.4 is 21.8 Å². The first kappa shape index (κ1) is 30.3. The van der Waals surface area contributed by atoms with E-state index in [1.807, 2.05) is 0 Å². The zero-order valence-electron chi connectivity index (χ0n) is 25.0. The van der Waals surface area contributed by atoms with E-state index in [1.165, 1.54) is 34.6 Å². The molecule has 234 valence electrons. The fourth-order valence-electron chi connectivity index (χ4n) is 5.30. The highest BCUT2D eigenvalue weighted by atomic mass is 35.5. The molecule has 2 amide bonds. The summed E-state index contributed by atoms with van der Waals surface area (Å²) in [6.45, 7) is 3.75. The zero-order chi connectivity index (χ0) is 32.9. The highest BCUT2D eigenvalue weighted by Crippen LogP contribution is 2.26. The van der Waals surface area contributed by atoms with E-state index in [1.54, 1.807) is 62.1 Å².